The van der Waals surface area contributed by atoms with Crippen LogP contribution in [0.5, 0.6) is 0 Å². The summed E-state index contributed by atoms with van der Waals surface area (Å²) in [6.07, 6.45) is 4.36. The lowest BCUT2D eigenvalue weighted by atomic mass is 9.69. The van der Waals surface area contributed by atoms with Gasteiger partial charge in [-0.15, -0.1) is 0 Å². The number of ether oxygens (including phenoxy) is 3. The largest absolute Gasteiger partial charge is 0.468 e. The van der Waals surface area contributed by atoms with Crippen LogP contribution in [0.3, 0.4) is 0 Å². The van der Waals surface area contributed by atoms with E-state index in [2.05, 4.69) is 6.58 Å². The van der Waals surface area contributed by atoms with Crippen molar-refractivity contribution in [2.24, 2.45) is 22.7 Å². The maximum atomic E-state index is 12.6. The molecular formula is C21H28O6. The summed E-state index contributed by atoms with van der Waals surface area (Å²) in [4.78, 5) is 37.5. The lowest BCUT2D eigenvalue weighted by Gasteiger charge is -2.35. The van der Waals surface area contributed by atoms with E-state index < -0.39 is 22.8 Å². The molecule has 0 spiro atoms. The minimum atomic E-state index is -1.52. The molecule has 0 unspecified atom stereocenters. The first kappa shape index (κ1) is 20.9. The number of carbonyl (C=O) groups excluding carboxylic acids is 3. The molecule has 0 N–H and O–H groups in total. The number of fused-ring (bicyclic) bond motifs is 1. The summed E-state index contributed by atoms with van der Waals surface area (Å²) >= 11 is 0. The number of carbonyl (C=O) groups is 3. The van der Waals surface area contributed by atoms with Crippen LogP contribution in [0.2, 0.25) is 0 Å². The van der Waals surface area contributed by atoms with Crippen molar-refractivity contribution in [1.82, 2.24) is 0 Å². The van der Waals surface area contributed by atoms with Crippen LogP contribution in [0.25, 0.3) is 0 Å². The van der Waals surface area contributed by atoms with Gasteiger partial charge in [-0.05, 0) is 45.8 Å². The van der Waals surface area contributed by atoms with E-state index in [1.165, 1.54) is 14.2 Å². The number of allylic oxidation sites excluding steroid dienone is 4. The van der Waals surface area contributed by atoms with Gasteiger partial charge in [-0.3, -0.25) is 14.4 Å². The van der Waals surface area contributed by atoms with Crippen molar-refractivity contribution in [3.8, 4) is 0 Å². The fourth-order valence-electron chi connectivity index (χ4n) is 3.75. The van der Waals surface area contributed by atoms with E-state index in [-0.39, 0.29) is 17.8 Å². The highest BCUT2D eigenvalue weighted by Gasteiger charge is 2.60. The van der Waals surface area contributed by atoms with Gasteiger partial charge in [-0.2, -0.15) is 0 Å². The second-order valence-electron chi connectivity index (χ2n) is 8.18. The van der Waals surface area contributed by atoms with Crippen molar-refractivity contribution in [3.63, 3.8) is 0 Å². The molecule has 0 amide bonds. The van der Waals surface area contributed by atoms with Crippen molar-refractivity contribution in [2.75, 3.05) is 14.2 Å². The van der Waals surface area contributed by atoms with Gasteiger partial charge in [0.15, 0.2) is 5.41 Å². The minimum Gasteiger partial charge on any atom is -0.468 e. The molecule has 0 aromatic heterocycles. The first-order valence-electron chi connectivity index (χ1n) is 8.97. The summed E-state index contributed by atoms with van der Waals surface area (Å²) in [6.45, 7) is 11.2. The quantitative estimate of drug-likeness (QED) is 0.425. The second-order valence-corrected chi connectivity index (χ2v) is 8.18. The monoisotopic (exact) mass is 376 g/mol. The number of methoxy groups -OCH3 is 2. The van der Waals surface area contributed by atoms with Gasteiger partial charge < -0.3 is 14.2 Å². The van der Waals surface area contributed by atoms with Crippen LogP contribution in [0.15, 0.2) is 35.6 Å². The highest BCUT2D eigenvalue weighted by atomic mass is 16.5. The molecule has 0 bridgehead atoms. The molecule has 2 rings (SSSR count). The Morgan fingerprint density at radius 1 is 1.15 bits per heavy atom. The van der Waals surface area contributed by atoms with Crippen LogP contribution in [0, 0.1) is 22.7 Å². The molecule has 0 saturated carbocycles. The number of hydrogen-bond acceptors (Lipinski definition) is 6. The zero-order valence-electron chi connectivity index (χ0n) is 16.9. The standard InChI is InChI=1S/C21H28O6/c1-12(2)15-11-21(18(23)25-6,19(24)26-7)16-9-8-13(10-14(15)16)27-17(22)20(3,4)5/h10-11,14,16H,1,8-9H2,2-7H3/t14-,16-/m1/s1. The van der Waals surface area contributed by atoms with Crippen LogP contribution in [-0.4, -0.2) is 32.1 Å². The molecule has 0 aliphatic heterocycles. The van der Waals surface area contributed by atoms with Crippen molar-refractivity contribution in [3.05, 3.63) is 35.6 Å². The zero-order chi connectivity index (χ0) is 20.6. The molecule has 0 saturated heterocycles. The Morgan fingerprint density at radius 2 is 1.70 bits per heavy atom. The molecule has 27 heavy (non-hydrogen) atoms. The first-order valence-corrected chi connectivity index (χ1v) is 8.97. The van der Waals surface area contributed by atoms with Crippen LogP contribution < -0.4 is 0 Å². The van der Waals surface area contributed by atoms with Gasteiger partial charge >= 0.3 is 17.9 Å². The van der Waals surface area contributed by atoms with E-state index in [9.17, 15) is 14.4 Å². The SMILES string of the molecule is C=C(C)C1=CC(C(=O)OC)(C(=O)OC)[C@@H]2CCC(OC(=O)C(C)(C)C)=C[C@H]12. The first-order chi connectivity index (χ1) is 12.5. The fraction of sp³-hybridized carbons (Fsp3) is 0.571. The molecule has 0 radical (unpaired) electrons. The Labute approximate surface area is 160 Å². The Morgan fingerprint density at radius 3 is 2.15 bits per heavy atom. The van der Waals surface area contributed by atoms with Gasteiger partial charge in [0.05, 0.1) is 19.6 Å². The summed E-state index contributed by atoms with van der Waals surface area (Å²) in [5.74, 6) is -1.72. The number of hydrogen-bond donors (Lipinski definition) is 0. The van der Waals surface area contributed by atoms with E-state index in [4.69, 9.17) is 14.2 Å². The second kappa shape index (κ2) is 7.33. The Balaban J connectivity index is 2.49. The molecule has 0 heterocycles. The van der Waals surface area contributed by atoms with E-state index >= 15 is 0 Å². The third-order valence-electron chi connectivity index (χ3n) is 5.20. The molecule has 6 nitrogen and oxygen atoms in total. The lowest BCUT2D eigenvalue weighted by Crippen LogP contribution is -2.46. The predicted molar refractivity (Wildman–Crippen MR) is 99.2 cm³/mol. The van der Waals surface area contributed by atoms with Crippen molar-refractivity contribution in [2.45, 2.75) is 40.5 Å². The summed E-state index contributed by atoms with van der Waals surface area (Å²) in [6, 6.07) is 0. The minimum absolute atomic E-state index is 0.280. The van der Waals surface area contributed by atoms with E-state index in [0.29, 0.717) is 18.6 Å². The van der Waals surface area contributed by atoms with E-state index in [1.54, 1.807) is 26.8 Å². The average molecular weight is 376 g/mol. The average Bonchev–Trinajstić information content (AvgIpc) is 2.95. The smallest absolute Gasteiger partial charge is 0.327 e. The Hall–Kier alpha value is -2.37. The van der Waals surface area contributed by atoms with Gasteiger partial charge in [0.25, 0.3) is 0 Å². The van der Waals surface area contributed by atoms with Crippen molar-refractivity contribution in [1.29, 1.82) is 0 Å². The molecule has 148 valence electrons. The molecule has 2 aliphatic rings. The molecule has 2 aliphatic carbocycles. The predicted octanol–water partition coefficient (Wildman–Crippen LogP) is 3.33. The normalized spacial score (nSPS) is 23.5. The zero-order valence-corrected chi connectivity index (χ0v) is 16.9. The van der Waals surface area contributed by atoms with Crippen LogP contribution in [0.4, 0.5) is 0 Å². The van der Waals surface area contributed by atoms with E-state index in [1.807, 2.05) is 13.0 Å². The topological polar surface area (TPSA) is 78.9 Å². The molecule has 0 aromatic rings. The van der Waals surface area contributed by atoms with Gasteiger partial charge in [-0.1, -0.05) is 18.2 Å². The lowest BCUT2D eigenvalue weighted by molar-refractivity contribution is -0.169. The maximum Gasteiger partial charge on any atom is 0.327 e. The molecule has 0 aromatic carbocycles. The molecule has 0 fully saturated rings. The summed E-state index contributed by atoms with van der Waals surface area (Å²) < 4.78 is 15.5. The van der Waals surface area contributed by atoms with E-state index in [0.717, 1.165) is 11.1 Å². The van der Waals surface area contributed by atoms with Gasteiger partial charge in [0.2, 0.25) is 0 Å². The number of esters is 3. The highest BCUT2D eigenvalue weighted by molar-refractivity contribution is 6.04. The van der Waals surface area contributed by atoms with Crippen molar-refractivity contribution >= 4 is 17.9 Å². The summed E-state index contributed by atoms with van der Waals surface area (Å²) in [7, 11) is 2.51. The molecular weight excluding hydrogens is 348 g/mol. The highest BCUT2D eigenvalue weighted by Crippen LogP contribution is 2.54. The maximum absolute atomic E-state index is 12.6. The van der Waals surface area contributed by atoms with Crippen LogP contribution >= 0.6 is 0 Å². The van der Waals surface area contributed by atoms with Gasteiger partial charge in [0.1, 0.15) is 5.76 Å². The molecule has 6 heteroatoms. The van der Waals surface area contributed by atoms with Gasteiger partial charge in [0, 0.05) is 18.3 Å². The van der Waals surface area contributed by atoms with Crippen LogP contribution in [-0.2, 0) is 28.6 Å². The third-order valence-corrected chi connectivity index (χ3v) is 5.20. The third kappa shape index (κ3) is 3.57. The summed E-state index contributed by atoms with van der Waals surface area (Å²) in [5, 5.41) is 0. The fourth-order valence-corrected chi connectivity index (χ4v) is 3.75. The summed E-state index contributed by atoms with van der Waals surface area (Å²) in [5.41, 5.74) is -0.639. The van der Waals surface area contributed by atoms with Crippen LogP contribution in [0.1, 0.15) is 40.5 Å². The van der Waals surface area contributed by atoms with Gasteiger partial charge in [-0.25, -0.2) is 0 Å². The number of rotatable bonds is 4. The Bertz CT molecular complexity index is 718. The molecule has 2 atom stereocenters. The Kier molecular flexibility index (Phi) is 5.68. The van der Waals surface area contributed by atoms with Crippen molar-refractivity contribution < 1.29 is 28.6 Å².